The minimum atomic E-state index is -2.30. The van der Waals surface area contributed by atoms with Crippen molar-refractivity contribution in [2.24, 2.45) is 0 Å². The zero-order valence-electron chi connectivity index (χ0n) is 21.0. The van der Waals surface area contributed by atoms with E-state index in [1.54, 1.807) is 0 Å². The van der Waals surface area contributed by atoms with Gasteiger partial charge in [0.25, 0.3) is 0 Å². The molecule has 0 radical (unpaired) electrons. The molecule has 2 aromatic carbocycles. The largest absolute Gasteiger partial charge is 0.491 e. The highest BCUT2D eigenvalue weighted by Gasteiger charge is 2.16. The molecule has 0 saturated carbocycles. The Kier molecular flexibility index (Phi) is 9.60. The lowest BCUT2D eigenvalue weighted by Gasteiger charge is -2.20. The van der Waals surface area contributed by atoms with Crippen LogP contribution in [0.4, 0.5) is 0 Å². The van der Waals surface area contributed by atoms with Crippen molar-refractivity contribution in [2.45, 2.75) is 32.1 Å². The van der Waals surface area contributed by atoms with E-state index >= 15 is 0 Å². The summed E-state index contributed by atoms with van der Waals surface area (Å²) in [6.07, 6.45) is 2.73. The fourth-order valence-corrected chi connectivity index (χ4v) is 5.36. The molecule has 0 spiro atoms. The second-order valence-electron chi connectivity index (χ2n) is 8.58. The number of likely N-dealkylation sites (N-methyl/N-ethyl adjacent to an activating group) is 1. The van der Waals surface area contributed by atoms with Crippen LogP contribution in [0.25, 0.3) is 33.1 Å². The van der Waals surface area contributed by atoms with Crippen LogP contribution in [0.15, 0.2) is 53.6 Å². The van der Waals surface area contributed by atoms with Crippen LogP contribution in [-0.2, 0) is 4.52 Å². The van der Waals surface area contributed by atoms with Gasteiger partial charge in [-0.3, -0.25) is 0 Å². The number of nitrogens with one attached hydrogen (secondary N) is 1. The third kappa shape index (κ3) is 6.57. The molecule has 0 atom stereocenters. The lowest BCUT2D eigenvalue weighted by molar-refractivity contribution is 0.185. The topological polar surface area (TPSA) is 90.8 Å². The lowest BCUT2D eigenvalue weighted by atomic mass is 9.99. The SMILES string of the molecule is CCSc1cccc(-c2ccc(OCCCN(CC)CCOP(O)O)c3[nH]c4ncc(C)cc4c23)c1. The van der Waals surface area contributed by atoms with Gasteiger partial charge >= 0.3 is 8.60 Å². The number of H-pyrrole nitrogens is 1. The molecule has 0 fully saturated rings. The van der Waals surface area contributed by atoms with Gasteiger partial charge in [0.1, 0.15) is 11.4 Å². The number of thioether (sulfide) groups is 1. The Morgan fingerprint density at radius 3 is 2.72 bits per heavy atom. The normalized spacial score (nSPS) is 11.9. The first-order valence-electron chi connectivity index (χ1n) is 12.3. The second-order valence-corrected chi connectivity index (χ2v) is 10.7. The minimum Gasteiger partial charge on any atom is -0.491 e. The lowest BCUT2D eigenvalue weighted by Crippen LogP contribution is -2.29. The molecule has 2 heterocycles. The fraction of sp³-hybridized carbons (Fsp3) is 0.370. The first kappa shape index (κ1) is 26.9. The van der Waals surface area contributed by atoms with Gasteiger partial charge in [0.2, 0.25) is 0 Å². The molecule has 0 saturated heterocycles. The van der Waals surface area contributed by atoms with E-state index in [1.165, 1.54) is 16.0 Å². The fourth-order valence-electron chi connectivity index (χ4n) is 4.40. The summed E-state index contributed by atoms with van der Waals surface area (Å²) >= 11 is 1.84. The molecule has 2 aromatic heterocycles. The molecule has 7 nitrogen and oxygen atoms in total. The Morgan fingerprint density at radius 2 is 1.94 bits per heavy atom. The maximum absolute atomic E-state index is 8.91. The molecular formula is C27H34N3O4PS. The van der Waals surface area contributed by atoms with Crippen molar-refractivity contribution in [3.05, 3.63) is 54.2 Å². The van der Waals surface area contributed by atoms with Crippen LogP contribution < -0.4 is 4.74 Å². The van der Waals surface area contributed by atoms with Gasteiger partial charge in [0.05, 0.1) is 18.7 Å². The quantitative estimate of drug-likeness (QED) is 0.110. The third-order valence-electron chi connectivity index (χ3n) is 6.10. The summed E-state index contributed by atoms with van der Waals surface area (Å²) in [6, 6.07) is 15.1. The molecule has 36 heavy (non-hydrogen) atoms. The average molecular weight is 528 g/mol. The minimum absolute atomic E-state index is 0.301. The van der Waals surface area contributed by atoms with Gasteiger partial charge < -0.3 is 28.9 Å². The van der Waals surface area contributed by atoms with Crippen molar-refractivity contribution in [3.8, 4) is 16.9 Å². The van der Waals surface area contributed by atoms with E-state index in [-0.39, 0.29) is 0 Å². The predicted octanol–water partition coefficient (Wildman–Crippen LogP) is 6.12. The number of nitrogens with zero attached hydrogens (tertiary/aromatic N) is 2. The van der Waals surface area contributed by atoms with Gasteiger partial charge in [0.15, 0.2) is 0 Å². The van der Waals surface area contributed by atoms with E-state index in [0.717, 1.165) is 58.5 Å². The molecule has 192 valence electrons. The zero-order valence-corrected chi connectivity index (χ0v) is 22.7. The molecule has 0 aliphatic rings. The molecule has 0 aliphatic heterocycles. The number of ether oxygens (including phenoxy) is 1. The number of fused-ring (bicyclic) bond motifs is 3. The molecule has 0 unspecified atom stereocenters. The van der Waals surface area contributed by atoms with Crippen molar-refractivity contribution in [3.63, 3.8) is 0 Å². The highest BCUT2D eigenvalue weighted by Crippen LogP contribution is 2.39. The molecular weight excluding hydrogens is 493 g/mol. The number of hydrogen-bond donors (Lipinski definition) is 3. The van der Waals surface area contributed by atoms with E-state index in [2.05, 4.69) is 78.1 Å². The summed E-state index contributed by atoms with van der Waals surface area (Å²) in [5.41, 5.74) is 5.29. The summed E-state index contributed by atoms with van der Waals surface area (Å²) in [7, 11) is -2.30. The predicted molar refractivity (Wildman–Crippen MR) is 150 cm³/mol. The number of benzene rings is 2. The van der Waals surface area contributed by atoms with Gasteiger partial charge in [-0.15, -0.1) is 11.8 Å². The summed E-state index contributed by atoms with van der Waals surface area (Å²) in [5, 5.41) is 2.23. The Labute approximate surface area is 217 Å². The number of aryl methyl sites for hydroxylation is 1. The van der Waals surface area contributed by atoms with Gasteiger partial charge in [-0.1, -0.05) is 26.0 Å². The maximum Gasteiger partial charge on any atom is 0.327 e. The van der Waals surface area contributed by atoms with E-state index < -0.39 is 8.60 Å². The monoisotopic (exact) mass is 527 g/mol. The third-order valence-corrected chi connectivity index (χ3v) is 7.39. The molecule has 4 aromatic rings. The molecule has 3 N–H and O–H groups in total. The van der Waals surface area contributed by atoms with Crippen molar-refractivity contribution in [1.82, 2.24) is 14.9 Å². The Bertz CT molecular complexity index is 1300. The highest BCUT2D eigenvalue weighted by molar-refractivity contribution is 7.99. The van der Waals surface area contributed by atoms with Crippen molar-refractivity contribution >= 4 is 42.3 Å². The number of hydrogen-bond acceptors (Lipinski definition) is 7. The van der Waals surface area contributed by atoms with Crippen molar-refractivity contribution in [2.75, 3.05) is 38.6 Å². The summed E-state index contributed by atoms with van der Waals surface area (Å²) < 4.78 is 11.2. The van der Waals surface area contributed by atoms with E-state index in [0.29, 0.717) is 19.8 Å². The van der Waals surface area contributed by atoms with E-state index in [4.69, 9.17) is 19.0 Å². The van der Waals surface area contributed by atoms with Gasteiger partial charge in [-0.25, -0.2) is 4.98 Å². The van der Waals surface area contributed by atoms with Gasteiger partial charge in [-0.2, -0.15) is 0 Å². The molecule has 0 amide bonds. The van der Waals surface area contributed by atoms with Gasteiger partial charge in [0, 0.05) is 35.0 Å². The smallest absolute Gasteiger partial charge is 0.327 e. The number of pyridine rings is 1. The Hall–Kier alpha value is -2.19. The number of aromatic amines is 1. The van der Waals surface area contributed by atoms with Crippen LogP contribution in [0.5, 0.6) is 5.75 Å². The zero-order chi connectivity index (χ0) is 25.5. The first-order valence-corrected chi connectivity index (χ1v) is 14.5. The summed E-state index contributed by atoms with van der Waals surface area (Å²) in [6.45, 7) is 9.54. The maximum atomic E-state index is 8.91. The molecule has 9 heteroatoms. The van der Waals surface area contributed by atoms with Gasteiger partial charge in [-0.05, 0) is 72.7 Å². The van der Waals surface area contributed by atoms with Crippen LogP contribution in [0.3, 0.4) is 0 Å². The molecule has 0 bridgehead atoms. The van der Waals surface area contributed by atoms with Crippen LogP contribution >= 0.6 is 20.4 Å². The van der Waals surface area contributed by atoms with Crippen LogP contribution in [0.2, 0.25) is 0 Å². The summed E-state index contributed by atoms with van der Waals surface area (Å²) in [4.78, 5) is 29.4. The Morgan fingerprint density at radius 1 is 1.08 bits per heavy atom. The molecule has 4 rings (SSSR count). The Balaban J connectivity index is 1.57. The standard InChI is InChI=1S/C27H34N3O4PS/c1-4-30(13-15-34-35(31)32)12-7-14-33-24-11-10-22(20-8-6-9-21(17-20)36-5-2)25-23-16-19(3)18-28-27(23)29-26(24)25/h6,8-11,16-18,31-32H,4-5,7,12-15H2,1-3H3,(H,28,29). The van der Waals surface area contributed by atoms with Crippen molar-refractivity contribution < 1.29 is 19.0 Å². The van der Waals surface area contributed by atoms with Crippen LogP contribution in [0.1, 0.15) is 25.8 Å². The van der Waals surface area contributed by atoms with Crippen LogP contribution in [0, 0.1) is 6.92 Å². The highest BCUT2D eigenvalue weighted by atomic mass is 32.2. The van der Waals surface area contributed by atoms with E-state index in [9.17, 15) is 0 Å². The summed E-state index contributed by atoms with van der Waals surface area (Å²) in [5.74, 6) is 1.86. The molecule has 0 aliphatic carbocycles. The first-order chi connectivity index (χ1) is 17.5. The average Bonchev–Trinajstić information content (AvgIpc) is 3.24. The van der Waals surface area contributed by atoms with E-state index in [1.807, 2.05) is 18.0 Å². The second kappa shape index (κ2) is 12.9. The van der Waals surface area contributed by atoms with Crippen LogP contribution in [-0.4, -0.2) is 63.3 Å². The van der Waals surface area contributed by atoms with Crippen molar-refractivity contribution in [1.29, 1.82) is 0 Å². The number of rotatable bonds is 13. The number of aromatic nitrogens is 2.